The number of carbonyl (C=O) groups is 1. The molecule has 0 radical (unpaired) electrons. The largest absolute Gasteiger partial charge is 0.335 e. The first-order chi connectivity index (χ1) is 11.3. The van der Waals surface area contributed by atoms with Crippen molar-refractivity contribution in [3.05, 3.63) is 18.2 Å². The van der Waals surface area contributed by atoms with Gasteiger partial charge in [0.1, 0.15) is 5.82 Å². The fourth-order valence-electron chi connectivity index (χ4n) is 3.93. The summed E-state index contributed by atoms with van der Waals surface area (Å²) in [6, 6.07) is 0.569. The van der Waals surface area contributed by atoms with Crippen molar-refractivity contribution in [3.63, 3.8) is 0 Å². The molecule has 2 heterocycles. The van der Waals surface area contributed by atoms with Crippen LogP contribution in [0.25, 0.3) is 0 Å². The minimum Gasteiger partial charge on any atom is -0.335 e. The average molecular weight is 318 g/mol. The molecule has 0 bridgehead atoms. The minimum absolute atomic E-state index is 0.159. The summed E-state index contributed by atoms with van der Waals surface area (Å²) in [4.78, 5) is 18.8. The number of hydrogen-bond acceptors (Lipinski definition) is 2. The third-order valence-corrected chi connectivity index (χ3v) is 5.41. The number of imidazole rings is 1. The summed E-state index contributed by atoms with van der Waals surface area (Å²) in [5.74, 6) is 1.83. The first-order valence-electron chi connectivity index (χ1n) is 9.31. The molecule has 0 unspecified atom stereocenters. The van der Waals surface area contributed by atoms with Crippen LogP contribution in [0.2, 0.25) is 0 Å². The van der Waals surface area contributed by atoms with Crippen LogP contribution in [0.3, 0.4) is 0 Å². The van der Waals surface area contributed by atoms with Gasteiger partial charge in [-0.3, -0.25) is 0 Å². The van der Waals surface area contributed by atoms with E-state index in [0.29, 0.717) is 12.0 Å². The quantitative estimate of drug-likeness (QED) is 0.927. The van der Waals surface area contributed by atoms with Gasteiger partial charge in [-0.15, -0.1) is 0 Å². The second-order valence-electron chi connectivity index (χ2n) is 7.06. The molecular weight excluding hydrogens is 288 g/mol. The summed E-state index contributed by atoms with van der Waals surface area (Å²) in [5.41, 5.74) is 0. The van der Waals surface area contributed by atoms with Crippen LogP contribution in [0.15, 0.2) is 12.4 Å². The molecule has 2 fully saturated rings. The molecule has 23 heavy (non-hydrogen) atoms. The molecule has 1 N–H and O–H groups in total. The van der Waals surface area contributed by atoms with Crippen LogP contribution < -0.4 is 5.32 Å². The van der Waals surface area contributed by atoms with Gasteiger partial charge in [0.05, 0.1) is 0 Å². The zero-order valence-electron chi connectivity index (χ0n) is 14.3. The molecule has 3 rings (SSSR count). The topological polar surface area (TPSA) is 50.2 Å². The van der Waals surface area contributed by atoms with E-state index in [0.717, 1.165) is 51.7 Å². The molecule has 5 heteroatoms. The Bertz CT molecular complexity index is 499. The maximum absolute atomic E-state index is 12.4. The van der Waals surface area contributed by atoms with E-state index < -0.39 is 0 Å². The second kappa shape index (κ2) is 7.84. The number of piperidine rings is 1. The Hall–Kier alpha value is -1.52. The number of nitrogens with one attached hydrogen (secondary N) is 1. The van der Waals surface area contributed by atoms with Crippen molar-refractivity contribution in [1.82, 2.24) is 19.8 Å². The molecule has 0 aromatic carbocycles. The molecule has 5 nitrogen and oxygen atoms in total. The third-order valence-electron chi connectivity index (χ3n) is 5.41. The number of carbonyl (C=O) groups excluding carboxylic acids is 1. The number of hydrogen-bond donors (Lipinski definition) is 1. The number of likely N-dealkylation sites (tertiary alicyclic amines) is 1. The number of rotatable bonds is 4. The fourth-order valence-corrected chi connectivity index (χ4v) is 3.93. The van der Waals surface area contributed by atoms with Gasteiger partial charge < -0.3 is 14.8 Å². The number of urea groups is 1. The molecule has 0 atom stereocenters. The minimum atomic E-state index is 0.159. The van der Waals surface area contributed by atoms with Crippen LogP contribution in [-0.2, 0) is 13.0 Å². The predicted molar refractivity (Wildman–Crippen MR) is 91.3 cm³/mol. The van der Waals surface area contributed by atoms with E-state index in [2.05, 4.69) is 28.0 Å². The first-order valence-corrected chi connectivity index (χ1v) is 9.31. The molecule has 2 amide bonds. The van der Waals surface area contributed by atoms with E-state index >= 15 is 0 Å². The van der Waals surface area contributed by atoms with Crippen LogP contribution >= 0.6 is 0 Å². The second-order valence-corrected chi connectivity index (χ2v) is 7.06. The monoisotopic (exact) mass is 318 g/mol. The Morgan fingerprint density at radius 2 is 1.96 bits per heavy atom. The lowest BCUT2D eigenvalue weighted by molar-refractivity contribution is 0.159. The van der Waals surface area contributed by atoms with Crippen LogP contribution in [-0.4, -0.2) is 39.6 Å². The SMILES string of the molecule is CCc1nccn1CC1CCN(C(=O)NC2CCCCC2)CC1. The van der Waals surface area contributed by atoms with Gasteiger partial charge in [-0.2, -0.15) is 0 Å². The predicted octanol–water partition coefficient (Wildman–Crippen LogP) is 3.20. The van der Waals surface area contributed by atoms with E-state index in [9.17, 15) is 4.79 Å². The summed E-state index contributed by atoms with van der Waals surface area (Å²) in [7, 11) is 0. The van der Waals surface area contributed by atoms with Gasteiger partial charge in [-0.25, -0.2) is 9.78 Å². The first kappa shape index (κ1) is 16.3. The Balaban J connectivity index is 1.43. The summed E-state index contributed by atoms with van der Waals surface area (Å²) in [5, 5.41) is 3.24. The molecule has 1 saturated heterocycles. The van der Waals surface area contributed by atoms with E-state index in [1.165, 1.54) is 25.1 Å². The molecule has 1 saturated carbocycles. The normalized spacial score (nSPS) is 20.7. The lowest BCUT2D eigenvalue weighted by atomic mass is 9.95. The van der Waals surface area contributed by atoms with Crippen LogP contribution in [0.5, 0.6) is 0 Å². The molecule has 0 spiro atoms. The molecule has 1 aliphatic carbocycles. The number of amides is 2. The zero-order chi connectivity index (χ0) is 16.1. The highest BCUT2D eigenvalue weighted by Gasteiger charge is 2.25. The lowest BCUT2D eigenvalue weighted by Gasteiger charge is -2.34. The van der Waals surface area contributed by atoms with Gasteiger partial charge in [0.2, 0.25) is 0 Å². The smallest absolute Gasteiger partial charge is 0.317 e. The maximum atomic E-state index is 12.4. The van der Waals surface area contributed by atoms with Gasteiger partial charge in [0.15, 0.2) is 0 Å². The van der Waals surface area contributed by atoms with Gasteiger partial charge >= 0.3 is 6.03 Å². The molecule has 128 valence electrons. The van der Waals surface area contributed by atoms with Crippen molar-refractivity contribution in [2.75, 3.05) is 13.1 Å². The van der Waals surface area contributed by atoms with Crippen molar-refractivity contribution in [3.8, 4) is 0 Å². The summed E-state index contributed by atoms with van der Waals surface area (Å²) in [6.45, 7) is 4.97. The van der Waals surface area contributed by atoms with E-state index in [1.807, 2.05) is 11.1 Å². The molecular formula is C18H30N4O. The Morgan fingerprint density at radius 1 is 1.22 bits per heavy atom. The highest BCUT2D eigenvalue weighted by atomic mass is 16.2. The van der Waals surface area contributed by atoms with Crippen LogP contribution in [0.4, 0.5) is 4.79 Å². The van der Waals surface area contributed by atoms with Gasteiger partial charge in [0.25, 0.3) is 0 Å². The van der Waals surface area contributed by atoms with Gasteiger partial charge in [-0.1, -0.05) is 26.2 Å². The fraction of sp³-hybridized carbons (Fsp3) is 0.778. The van der Waals surface area contributed by atoms with Gasteiger partial charge in [-0.05, 0) is 31.6 Å². The van der Waals surface area contributed by atoms with Gasteiger partial charge in [0, 0.05) is 44.5 Å². The molecule has 2 aliphatic rings. The number of nitrogens with zero attached hydrogens (tertiary/aromatic N) is 3. The molecule has 1 aliphatic heterocycles. The molecule has 1 aromatic heterocycles. The van der Waals surface area contributed by atoms with E-state index in [1.54, 1.807) is 0 Å². The lowest BCUT2D eigenvalue weighted by Crippen LogP contribution is -2.48. The standard InChI is InChI=1S/C18H30N4O/c1-2-17-19-10-13-22(17)14-15-8-11-21(12-9-15)18(23)20-16-6-4-3-5-7-16/h10,13,15-16H,2-9,11-12,14H2,1H3,(H,20,23). The van der Waals surface area contributed by atoms with Crippen molar-refractivity contribution < 1.29 is 4.79 Å². The van der Waals surface area contributed by atoms with E-state index in [-0.39, 0.29) is 6.03 Å². The highest BCUT2D eigenvalue weighted by Crippen LogP contribution is 2.21. The number of aryl methyl sites for hydroxylation is 1. The third kappa shape index (κ3) is 4.27. The Labute approximate surface area is 139 Å². The van der Waals surface area contributed by atoms with Crippen molar-refractivity contribution in [2.45, 2.75) is 70.9 Å². The summed E-state index contributed by atoms with van der Waals surface area (Å²) in [6.07, 6.45) is 13.3. The Morgan fingerprint density at radius 3 is 2.65 bits per heavy atom. The maximum Gasteiger partial charge on any atom is 0.317 e. The van der Waals surface area contributed by atoms with Crippen molar-refractivity contribution >= 4 is 6.03 Å². The Kier molecular flexibility index (Phi) is 5.57. The molecule has 1 aromatic rings. The number of aromatic nitrogens is 2. The average Bonchev–Trinajstić information content (AvgIpc) is 3.03. The van der Waals surface area contributed by atoms with Crippen LogP contribution in [0.1, 0.15) is 57.7 Å². The summed E-state index contributed by atoms with van der Waals surface area (Å²) < 4.78 is 2.28. The van der Waals surface area contributed by atoms with Crippen LogP contribution in [0, 0.1) is 5.92 Å². The summed E-state index contributed by atoms with van der Waals surface area (Å²) >= 11 is 0. The highest BCUT2D eigenvalue weighted by molar-refractivity contribution is 5.74. The van der Waals surface area contributed by atoms with Crippen molar-refractivity contribution in [1.29, 1.82) is 0 Å². The van der Waals surface area contributed by atoms with Crippen molar-refractivity contribution in [2.24, 2.45) is 5.92 Å². The zero-order valence-corrected chi connectivity index (χ0v) is 14.3. The van der Waals surface area contributed by atoms with E-state index in [4.69, 9.17) is 0 Å².